The molecule has 0 amide bonds. The van der Waals surface area contributed by atoms with Gasteiger partial charge in [0.05, 0.1) is 12.8 Å². The topological polar surface area (TPSA) is 52.3 Å². The molecule has 0 aliphatic rings. The lowest BCUT2D eigenvalue weighted by Gasteiger charge is -2.12. The number of carbonyl (C=O) groups excluding carboxylic acids is 1. The summed E-state index contributed by atoms with van der Waals surface area (Å²) in [5, 5.41) is 0. The number of nitrogen functional groups attached to an aromatic ring is 1. The Kier molecular flexibility index (Phi) is 5.01. The van der Waals surface area contributed by atoms with E-state index in [0.29, 0.717) is 29.3 Å². The Bertz CT molecular complexity index is 388. The maximum atomic E-state index is 12.1. The molecule has 1 atom stereocenters. The fourth-order valence-corrected chi connectivity index (χ4v) is 1.99. The van der Waals surface area contributed by atoms with Gasteiger partial charge >= 0.3 is 0 Å². The number of rotatable bonds is 6. The van der Waals surface area contributed by atoms with E-state index in [1.807, 2.05) is 0 Å². The number of ketones is 1. The molecule has 1 unspecified atom stereocenters. The largest absolute Gasteiger partial charge is 0.495 e. The highest BCUT2D eigenvalue weighted by Gasteiger charge is 2.15. The Labute approximate surface area is 103 Å². The Morgan fingerprint density at radius 1 is 1.47 bits per heavy atom. The van der Waals surface area contributed by atoms with Crippen LogP contribution in [-0.4, -0.2) is 12.9 Å². The number of hydrogen-bond acceptors (Lipinski definition) is 3. The molecular weight excluding hydrogens is 214 g/mol. The van der Waals surface area contributed by atoms with Crippen LogP contribution in [0.15, 0.2) is 18.2 Å². The van der Waals surface area contributed by atoms with Gasteiger partial charge in [-0.3, -0.25) is 4.79 Å². The van der Waals surface area contributed by atoms with Gasteiger partial charge in [-0.1, -0.05) is 32.8 Å². The molecule has 2 N–H and O–H groups in total. The molecule has 0 radical (unpaired) electrons. The molecule has 0 heterocycles. The minimum atomic E-state index is 0.0994. The number of carbonyl (C=O) groups is 1. The van der Waals surface area contributed by atoms with Crippen LogP contribution in [0.1, 0.15) is 43.5 Å². The third-order valence-corrected chi connectivity index (χ3v) is 2.90. The predicted molar refractivity (Wildman–Crippen MR) is 70.4 cm³/mol. The van der Waals surface area contributed by atoms with E-state index in [9.17, 15) is 4.79 Å². The number of para-hydroxylation sites is 1. The molecule has 0 aliphatic carbocycles. The van der Waals surface area contributed by atoms with Crippen molar-refractivity contribution in [2.24, 2.45) is 5.92 Å². The highest BCUT2D eigenvalue weighted by atomic mass is 16.5. The van der Waals surface area contributed by atoms with Crippen molar-refractivity contribution in [3.63, 3.8) is 0 Å². The van der Waals surface area contributed by atoms with Crippen LogP contribution >= 0.6 is 0 Å². The smallest absolute Gasteiger partial charge is 0.165 e. The van der Waals surface area contributed by atoms with Crippen molar-refractivity contribution in [1.29, 1.82) is 0 Å². The van der Waals surface area contributed by atoms with E-state index in [4.69, 9.17) is 10.5 Å². The van der Waals surface area contributed by atoms with E-state index >= 15 is 0 Å². The molecule has 0 spiro atoms. The maximum absolute atomic E-state index is 12.1. The molecule has 0 bridgehead atoms. The van der Waals surface area contributed by atoms with Crippen molar-refractivity contribution in [1.82, 2.24) is 0 Å². The van der Waals surface area contributed by atoms with E-state index in [2.05, 4.69) is 13.8 Å². The SMILES string of the molecule is CCCC(C)CC(=O)c1cccc(OC)c1N. The summed E-state index contributed by atoms with van der Waals surface area (Å²) in [6, 6.07) is 5.33. The molecule has 0 fully saturated rings. The van der Waals surface area contributed by atoms with Gasteiger partial charge in [0.1, 0.15) is 5.75 Å². The van der Waals surface area contributed by atoms with Crippen LogP contribution < -0.4 is 10.5 Å². The third kappa shape index (κ3) is 3.48. The second-order valence-electron chi connectivity index (χ2n) is 4.44. The molecule has 0 aliphatic heterocycles. The molecule has 0 aromatic heterocycles. The van der Waals surface area contributed by atoms with Gasteiger partial charge in [0.2, 0.25) is 0 Å². The Morgan fingerprint density at radius 3 is 2.76 bits per heavy atom. The fourth-order valence-electron chi connectivity index (χ4n) is 1.99. The predicted octanol–water partition coefficient (Wildman–Crippen LogP) is 3.29. The summed E-state index contributed by atoms with van der Waals surface area (Å²) in [6.07, 6.45) is 2.71. The van der Waals surface area contributed by atoms with E-state index in [1.54, 1.807) is 25.3 Å². The number of nitrogens with two attached hydrogens (primary N) is 1. The molecule has 1 aromatic rings. The lowest BCUT2D eigenvalue weighted by atomic mass is 9.95. The summed E-state index contributed by atoms with van der Waals surface area (Å²) < 4.78 is 5.11. The summed E-state index contributed by atoms with van der Waals surface area (Å²) in [6.45, 7) is 4.22. The number of ether oxygens (including phenoxy) is 1. The second kappa shape index (κ2) is 6.28. The second-order valence-corrected chi connectivity index (χ2v) is 4.44. The van der Waals surface area contributed by atoms with Crippen LogP contribution in [-0.2, 0) is 0 Å². The molecule has 0 saturated carbocycles. The zero-order chi connectivity index (χ0) is 12.8. The van der Waals surface area contributed by atoms with Crippen molar-refractivity contribution in [2.45, 2.75) is 33.1 Å². The van der Waals surface area contributed by atoms with E-state index in [1.165, 1.54) is 0 Å². The first-order valence-electron chi connectivity index (χ1n) is 6.05. The van der Waals surface area contributed by atoms with E-state index in [0.717, 1.165) is 12.8 Å². The zero-order valence-electron chi connectivity index (χ0n) is 10.8. The Morgan fingerprint density at radius 2 is 2.18 bits per heavy atom. The first-order valence-corrected chi connectivity index (χ1v) is 6.05. The standard InChI is InChI=1S/C14H21NO2/c1-4-6-10(2)9-12(16)11-7-5-8-13(17-3)14(11)15/h5,7-8,10H,4,6,9,15H2,1-3H3. The van der Waals surface area contributed by atoms with E-state index < -0.39 is 0 Å². The van der Waals surface area contributed by atoms with Gasteiger partial charge in [-0.25, -0.2) is 0 Å². The summed E-state index contributed by atoms with van der Waals surface area (Å²) in [5.41, 5.74) is 6.92. The molecule has 0 saturated heterocycles. The van der Waals surface area contributed by atoms with Crippen LogP contribution in [0.2, 0.25) is 0 Å². The third-order valence-electron chi connectivity index (χ3n) is 2.90. The van der Waals surface area contributed by atoms with Gasteiger partial charge in [-0.2, -0.15) is 0 Å². The summed E-state index contributed by atoms with van der Waals surface area (Å²) in [4.78, 5) is 12.1. The molecular formula is C14H21NO2. The van der Waals surface area contributed by atoms with E-state index in [-0.39, 0.29) is 5.78 Å². The Hall–Kier alpha value is -1.51. The summed E-state index contributed by atoms with van der Waals surface area (Å²) in [5.74, 6) is 1.07. The van der Waals surface area contributed by atoms with Crippen LogP contribution in [0.25, 0.3) is 0 Å². The number of Topliss-reactive ketones (excluding diaryl/α,β-unsaturated/α-hetero) is 1. The molecule has 3 heteroatoms. The van der Waals surface area contributed by atoms with Crippen LogP contribution in [0.5, 0.6) is 5.75 Å². The lowest BCUT2D eigenvalue weighted by molar-refractivity contribution is 0.0963. The number of benzene rings is 1. The first-order chi connectivity index (χ1) is 8.10. The fraction of sp³-hybridized carbons (Fsp3) is 0.500. The molecule has 1 aromatic carbocycles. The van der Waals surface area contributed by atoms with Crippen LogP contribution in [0.3, 0.4) is 0 Å². The van der Waals surface area contributed by atoms with Gasteiger partial charge in [-0.05, 0) is 18.1 Å². The number of anilines is 1. The molecule has 17 heavy (non-hydrogen) atoms. The molecule has 1 rings (SSSR count). The highest BCUT2D eigenvalue weighted by molar-refractivity contribution is 6.01. The number of methoxy groups -OCH3 is 1. The molecule has 3 nitrogen and oxygen atoms in total. The quantitative estimate of drug-likeness (QED) is 0.608. The monoisotopic (exact) mass is 235 g/mol. The van der Waals surface area contributed by atoms with Crippen molar-refractivity contribution in [3.05, 3.63) is 23.8 Å². The van der Waals surface area contributed by atoms with Crippen LogP contribution in [0.4, 0.5) is 5.69 Å². The number of hydrogen-bond donors (Lipinski definition) is 1. The summed E-state index contributed by atoms with van der Waals surface area (Å²) in [7, 11) is 1.56. The van der Waals surface area contributed by atoms with Crippen LogP contribution in [0, 0.1) is 5.92 Å². The van der Waals surface area contributed by atoms with Gasteiger partial charge in [0.15, 0.2) is 5.78 Å². The Balaban J connectivity index is 2.82. The first kappa shape index (κ1) is 13.6. The minimum Gasteiger partial charge on any atom is -0.495 e. The van der Waals surface area contributed by atoms with Gasteiger partial charge < -0.3 is 10.5 Å². The minimum absolute atomic E-state index is 0.0994. The zero-order valence-corrected chi connectivity index (χ0v) is 10.8. The van der Waals surface area contributed by atoms with Crippen molar-refractivity contribution in [3.8, 4) is 5.75 Å². The maximum Gasteiger partial charge on any atom is 0.165 e. The molecule has 94 valence electrons. The van der Waals surface area contributed by atoms with Crippen molar-refractivity contribution >= 4 is 11.5 Å². The average molecular weight is 235 g/mol. The van der Waals surface area contributed by atoms with Gasteiger partial charge in [-0.15, -0.1) is 0 Å². The van der Waals surface area contributed by atoms with Gasteiger partial charge in [0, 0.05) is 12.0 Å². The van der Waals surface area contributed by atoms with Gasteiger partial charge in [0.25, 0.3) is 0 Å². The highest BCUT2D eigenvalue weighted by Crippen LogP contribution is 2.27. The normalized spacial score (nSPS) is 12.2. The lowest BCUT2D eigenvalue weighted by Crippen LogP contribution is -2.09. The van der Waals surface area contributed by atoms with Crippen molar-refractivity contribution < 1.29 is 9.53 Å². The summed E-state index contributed by atoms with van der Waals surface area (Å²) >= 11 is 0. The average Bonchev–Trinajstić information content (AvgIpc) is 2.29. The van der Waals surface area contributed by atoms with Crippen molar-refractivity contribution in [2.75, 3.05) is 12.8 Å².